The van der Waals surface area contributed by atoms with Crippen LogP contribution in [0.15, 0.2) is 10.5 Å². The Morgan fingerprint density at radius 2 is 2.46 bits per heavy atom. The maximum absolute atomic E-state index is 8.08. The van der Waals surface area contributed by atoms with E-state index in [9.17, 15) is 0 Å². The molecule has 0 spiro atoms. The highest BCUT2D eigenvalue weighted by Crippen LogP contribution is 2.19. The lowest BCUT2D eigenvalue weighted by molar-refractivity contribution is 0.830. The molecule has 0 aliphatic heterocycles. The molecule has 0 fully saturated rings. The SMILES string of the molecule is CC(C)c1nc(CCN=[N+]=[N-])cs1. The number of nitrogens with zero attached hydrogens (tertiary/aromatic N) is 4. The van der Waals surface area contributed by atoms with E-state index in [0.717, 1.165) is 17.1 Å². The van der Waals surface area contributed by atoms with Gasteiger partial charge in [0, 0.05) is 22.8 Å². The standard InChI is InChI=1S/C8H12N4S/c1-6(2)8-11-7(5-13-8)3-4-10-12-9/h5-6H,3-4H2,1-2H3. The minimum absolute atomic E-state index is 0.484. The van der Waals surface area contributed by atoms with Crippen LogP contribution in [0, 0.1) is 0 Å². The first-order valence-corrected chi connectivity index (χ1v) is 5.07. The smallest absolute Gasteiger partial charge is 0.0953 e. The third-order valence-corrected chi connectivity index (χ3v) is 2.79. The van der Waals surface area contributed by atoms with Crippen LogP contribution < -0.4 is 0 Å². The quantitative estimate of drug-likeness (QED) is 0.414. The Labute approximate surface area is 81.2 Å². The number of hydrogen-bond donors (Lipinski definition) is 0. The number of aromatic nitrogens is 1. The van der Waals surface area contributed by atoms with Crippen molar-refractivity contribution >= 4 is 11.3 Å². The van der Waals surface area contributed by atoms with Gasteiger partial charge in [-0.2, -0.15) is 0 Å². The summed E-state index contributed by atoms with van der Waals surface area (Å²) in [6.45, 7) is 4.74. The summed E-state index contributed by atoms with van der Waals surface area (Å²) in [5.41, 5.74) is 9.11. The summed E-state index contributed by atoms with van der Waals surface area (Å²) in [5.74, 6) is 0.484. The number of hydrogen-bond acceptors (Lipinski definition) is 3. The summed E-state index contributed by atoms with van der Waals surface area (Å²) in [4.78, 5) is 7.11. The Morgan fingerprint density at radius 1 is 1.69 bits per heavy atom. The second kappa shape index (κ2) is 4.84. The van der Waals surface area contributed by atoms with E-state index in [0.29, 0.717) is 12.5 Å². The summed E-state index contributed by atoms with van der Waals surface area (Å²) in [6.07, 6.45) is 0.743. The lowest BCUT2D eigenvalue weighted by atomic mass is 10.2. The fourth-order valence-corrected chi connectivity index (χ4v) is 1.78. The normalized spacial score (nSPS) is 10.1. The van der Waals surface area contributed by atoms with Crippen LogP contribution in [0.2, 0.25) is 0 Å². The zero-order chi connectivity index (χ0) is 9.68. The van der Waals surface area contributed by atoms with Crippen molar-refractivity contribution in [2.24, 2.45) is 5.11 Å². The van der Waals surface area contributed by atoms with E-state index in [2.05, 4.69) is 28.9 Å². The van der Waals surface area contributed by atoms with E-state index < -0.39 is 0 Å². The molecule has 13 heavy (non-hydrogen) atoms. The second-order valence-electron chi connectivity index (χ2n) is 3.04. The highest BCUT2D eigenvalue weighted by Gasteiger charge is 2.04. The predicted octanol–water partition coefficient (Wildman–Crippen LogP) is 3.12. The first kappa shape index (κ1) is 10.0. The molecule has 1 heterocycles. The van der Waals surface area contributed by atoms with E-state index in [1.807, 2.05) is 5.38 Å². The average Bonchev–Trinajstić information content (AvgIpc) is 2.53. The Bertz CT molecular complexity index is 312. The van der Waals surface area contributed by atoms with Crippen molar-refractivity contribution in [1.29, 1.82) is 0 Å². The van der Waals surface area contributed by atoms with Gasteiger partial charge in [0.1, 0.15) is 0 Å². The van der Waals surface area contributed by atoms with Crippen LogP contribution in [0.5, 0.6) is 0 Å². The van der Waals surface area contributed by atoms with Gasteiger partial charge in [0.25, 0.3) is 0 Å². The van der Waals surface area contributed by atoms with Gasteiger partial charge in [-0.25, -0.2) is 4.98 Å². The molecule has 0 aromatic carbocycles. The fraction of sp³-hybridized carbons (Fsp3) is 0.625. The minimum atomic E-state index is 0.484. The zero-order valence-electron chi connectivity index (χ0n) is 7.77. The average molecular weight is 196 g/mol. The van der Waals surface area contributed by atoms with Crippen LogP contribution in [0.3, 0.4) is 0 Å². The van der Waals surface area contributed by atoms with Crippen molar-refractivity contribution in [2.75, 3.05) is 6.54 Å². The molecule has 0 saturated heterocycles. The molecule has 1 rings (SSSR count). The Kier molecular flexibility index (Phi) is 3.73. The lowest BCUT2D eigenvalue weighted by Crippen LogP contribution is -1.91. The van der Waals surface area contributed by atoms with Crippen LogP contribution in [-0.4, -0.2) is 11.5 Å². The zero-order valence-corrected chi connectivity index (χ0v) is 8.58. The van der Waals surface area contributed by atoms with Crippen molar-refractivity contribution in [3.63, 3.8) is 0 Å². The molecule has 1 aromatic rings. The molecule has 0 atom stereocenters. The van der Waals surface area contributed by atoms with Gasteiger partial charge in [-0.05, 0) is 12.0 Å². The van der Waals surface area contributed by atoms with Gasteiger partial charge in [-0.15, -0.1) is 11.3 Å². The van der Waals surface area contributed by atoms with Crippen LogP contribution >= 0.6 is 11.3 Å². The van der Waals surface area contributed by atoms with Crippen LogP contribution in [0.1, 0.15) is 30.5 Å². The monoisotopic (exact) mass is 196 g/mol. The van der Waals surface area contributed by atoms with Crippen molar-refractivity contribution in [3.05, 3.63) is 26.5 Å². The first-order valence-electron chi connectivity index (χ1n) is 4.19. The van der Waals surface area contributed by atoms with Crippen LogP contribution in [0.4, 0.5) is 0 Å². The van der Waals surface area contributed by atoms with Gasteiger partial charge in [0.15, 0.2) is 0 Å². The third kappa shape index (κ3) is 3.05. The second-order valence-corrected chi connectivity index (χ2v) is 3.93. The Balaban J connectivity index is 2.53. The predicted molar refractivity (Wildman–Crippen MR) is 53.9 cm³/mol. The molecule has 0 N–H and O–H groups in total. The summed E-state index contributed by atoms with van der Waals surface area (Å²) in [5, 5.41) is 6.65. The van der Waals surface area contributed by atoms with Gasteiger partial charge in [-0.1, -0.05) is 19.0 Å². The largest absolute Gasteiger partial charge is 0.246 e. The summed E-state index contributed by atoms with van der Waals surface area (Å²) >= 11 is 1.67. The van der Waals surface area contributed by atoms with Gasteiger partial charge in [0.05, 0.1) is 10.7 Å². The van der Waals surface area contributed by atoms with E-state index >= 15 is 0 Å². The Morgan fingerprint density at radius 3 is 3.00 bits per heavy atom. The summed E-state index contributed by atoms with van der Waals surface area (Å²) in [6, 6.07) is 0. The lowest BCUT2D eigenvalue weighted by Gasteiger charge is -1.95. The molecular formula is C8H12N4S. The first-order chi connectivity index (χ1) is 6.24. The number of azide groups is 1. The molecule has 0 radical (unpaired) electrons. The molecule has 4 nitrogen and oxygen atoms in total. The molecule has 0 aliphatic rings. The fourth-order valence-electron chi connectivity index (χ4n) is 0.912. The molecule has 0 aliphatic carbocycles. The molecular weight excluding hydrogens is 184 g/mol. The Hall–Kier alpha value is -1.06. The topological polar surface area (TPSA) is 61.7 Å². The van der Waals surface area contributed by atoms with Crippen molar-refractivity contribution in [1.82, 2.24) is 4.98 Å². The molecule has 5 heteroatoms. The molecule has 0 amide bonds. The summed E-state index contributed by atoms with van der Waals surface area (Å²) < 4.78 is 0. The van der Waals surface area contributed by atoms with Crippen LogP contribution in [0.25, 0.3) is 10.4 Å². The van der Waals surface area contributed by atoms with Crippen molar-refractivity contribution in [2.45, 2.75) is 26.2 Å². The maximum Gasteiger partial charge on any atom is 0.0953 e. The minimum Gasteiger partial charge on any atom is -0.246 e. The third-order valence-electron chi connectivity index (χ3n) is 1.59. The van der Waals surface area contributed by atoms with Crippen molar-refractivity contribution < 1.29 is 0 Å². The maximum atomic E-state index is 8.08. The van der Waals surface area contributed by atoms with Crippen molar-refractivity contribution in [3.8, 4) is 0 Å². The van der Waals surface area contributed by atoms with E-state index in [1.54, 1.807) is 11.3 Å². The van der Waals surface area contributed by atoms with E-state index in [4.69, 9.17) is 5.53 Å². The van der Waals surface area contributed by atoms with Gasteiger partial charge >= 0.3 is 0 Å². The highest BCUT2D eigenvalue weighted by molar-refractivity contribution is 7.09. The molecule has 0 saturated carbocycles. The highest BCUT2D eigenvalue weighted by atomic mass is 32.1. The van der Waals surface area contributed by atoms with Gasteiger partial charge in [0.2, 0.25) is 0 Å². The summed E-state index contributed by atoms with van der Waals surface area (Å²) in [7, 11) is 0. The molecule has 1 aromatic heterocycles. The molecule has 70 valence electrons. The van der Waals surface area contributed by atoms with E-state index in [-0.39, 0.29) is 0 Å². The van der Waals surface area contributed by atoms with Crippen LogP contribution in [-0.2, 0) is 6.42 Å². The van der Waals surface area contributed by atoms with Gasteiger partial charge in [-0.3, -0.25) is 0 Å². The molecule has 0 unspecified atom stereocenters. The van der Waals surface area contributed by atoms with E-state index in [1.165, 1.54) is 0 Å². The number of thiazole rings is 1. The van der Waals surface area contributed by atoms with Gasteiger partial charge < -0.3 is 0 Å². The molecule has 0 bridgehead atoms. The number of rotatable bonds is 4.